The average Bonchev–Trinajstić information content (AvgIpc) is 3.19. The van der Waals surface area contributed by atoms with Gasteiger partial charge in [-0.15, -0.1) is 0 Å². The summed E-state index contributed by atoms with van der Waals surface area (Å²) in [7, 11) is 3.00. The van der Waals surface area contributed by atoms with Crippen molar-refractivity contribution in [2.24, 2.45) is 0 Å². The molecule has 0 bridgehead atoms. The number of ether oxygens (including phenoxy) is 5. The highest BCUT2D eigenvalue weighted by molar-refractivity contribution is 6.05. The number of hydrogen-bond donors (Lipinski definition) is 1. The zero-order valence-electron chi connectivity index (χ0n) is 14.3. The molecule has 0 saturated heterocycles. The highest BCUT2D eigenvalue weighted by atomic mass is 16.7. The SMILES string of the molecule is COc1cc(C=C2OC(=O)c3c2cc(C)[nH]c3=O)c(OC)c2c1OCO2. The van der Waals surface area contributed by atoms with Crippen LogP contribution in [0.1, 0.15) is 27.2 Å². The molecule has 0 spiro atoms. The predicted molar refractivity (Wildman–Crippen MR) is 90.8 cm³/mol. The van der Waals surface area contributed by atoms with Crippen molar-refractivity contribution in [2.75, 3.05) is 21.0 Å². The van der Waals surface area contributed by atoms with Gasteiger partial charge in [-0.3, -0.25) is 4.79 Å². The van der Waals surface area contributed by atoms with Crippen LogP contribution in [0.3, 0.4) is 0 Å². The molecule has 0 fully saturated rings. The van der Waals surface area contributed by atoms with Crippen molar-refractivity contribution in [1.29, 1.82) is 0 Å². The van der Waals surface area contributed by atoms with Crippen LogP contribution in [-0.4, -0.2) is 32.0 Å². The van der Waals surface area contributed by atoms with E-state index < -0.39 is 11.5 Å². The van der Waals surface area contributed by atoms with Gasteiger partial charge in [-0.25, -0.2) is 4.79 Å². The van der Waals surface area contributed by atoms with Gasteiger partial charge in [-0.2, -0.15) is 0 Å². The van der Waals surface area contributed by atoms with Crippen molar-refractivity contribution in [3.63, 3.8) is 0 Å². The number of aromatic nitrogens is 1. The molecule has 8 heteroatoms. The molecule has 0 amide bonds. The van der Waals surface area contributed by atoms with Crippen LogP contribution in [0.5, 0.6) is 23.0 Å². The molecule has 0 unspecified atom stereocenters. The molecule has 134 valence electrons. The standard InChI is InChI=1S/C18H15NO7/c1-8-4-10-11(26-18(21)13(10)17(20)19-8)5-9-6-12(22-2)15-16(14(9)23-3)25-7-24-15/h4-6H,7H2,1-3H3,(H,19,20). The molecule has 2 aliphatic heterocycles. The van der Waals surface area contributed by atoms with Crippen molar-refractivity contribution in [2.45, 2.75) is 6.92 Å². The Morgan fingerprint density at radius 1 is 1.12 bits per heavy atom. The molecule has 4 rings (SSSR count). The van der Waals surface area contributed by atoms with Crippen LogP contribution in [0.2, 0.25) is 0 Å². The fourth-order valence-electron chi connectivity index (χ4n) is 3.04. The normalized spacial score (nSPS) is 15.8. The van der Waals surface area contributed by atoms with Crippen molar-refractivity contribution >= 4 is 17.8 Å². The minimum absolute atomic E-state index is 0.0199. The number of pyridine rings is 1. The molecule has 8 nitrogen and oxygen atoms in total. The predicted octanol–water partition coefficient (Wildman–Crippen LogP) is 2.10. The second-order valence-electron chi connectivity index (χ2n) is 5.73. The molecule has 2 aromatic rings. The molecule has 26 heavy (non-hydrogen) atoms. The molecule has 0 radical (unpaired) electrons. The number of hydrogen-bond acceptors (Lipinski definition) is 7. The van der Waals surface area contributed by atoms with Gasteiger partial charge < -0.3 is 28.7 Å². The molecule has 1 aromatic heterocycles. The quantitative estimate of drug-likeness (QED) is 0.840. The molecular weight excluding hydrogens is 342 g/mol. The summed E-state index contributed by atoms with van der Waals surface area (Å²) in [6.07, 6.45) is 1.60. The van der Waals surface area contributed by atoms with Gasteiger partial charge >= 0.3 is 5.97 Å². The van der Waals surface area contributed by atoms with E-state index in [1.54, 1.807) is 25.1 Å². The van der Waals surface area contributed by atoms with Crippen molar-refractivity contribution in [3.05, 3.63) is 44.9 Å². The third kappa shape index (κ3) is 2.30. The minimum atomic E-state index is -0.695. The highest BCUT2D eigenvalue weighted by Crippen LogP contribution is 2.50. The van der Waals surface area contributed by atoms with Crippen LogP contribution in [0, 0.1) is 6.92 Å². The summed E-state index contributed by atoms with van der Waals surface area (Å²) in [5.41, 5.74) is 1.10. The number of carbonyl (C=O) groups is 1. The number of H-pyrrole nitrogens is 1. The Morgan fingerprint density at radius 3 is 2.62 bits per heavy atom. The van der Waals surface area contributed by atoms with Gasteiger partial charge in [-0.05, 0) is 25.1 Å². The second-order valence-corrected chi connectivity index (χ2v) is 5.73. The minimum Gasteiger partial charge on any atom is -0.493 e. The lowest BCUT2D eigenvalue weighted by Crippen LogP contribution is -2.16. The number of carbonyl (C=O) groups excluding carboxylic acids is 1. The largest absolute Gasteiger partial charge is 0.493 e. The first kappa shape index (κ1) is 16.1. The van der Waals surface area contributed by atoms with Gasteiger partial charge in [0.2, 0.25) is 18.3 Å². The number of methoxy groups -OCH3 is 2. The van der Waals surface area contributed by atoms with Crippen LogP contribution in [0.15, 0.2) is 16.9 Å². The van der Waals surface area contributed by atoms with Crippen molar-refractivity contribution in [3.8, 4) is 23.0 Å². The Balaban J connectivity index is 1.92. The smallest absolute Gasteiger partial charge is 0.349 e. The molecule has 2 aliphatic rings. The van der Waals surface area contributed by atoms with E-state index in [0.717, 1.165) is 0 Å². The summed E-state index contributed by atoms with van der Waals surface area (Å²) in [6, 6.07) is 3.37. The summed E-state index contributed by atoms with van der Waals surface area (Å²) in [5.74, 6) is 1.28. The maximum absolute atomic E-state index is 12.1. The van der Waals surface area contributed by atoms with Gasteiger partial charge in [0.25, 0.3) is 5.56 Å². The Labute approximate surface area is 147 Å². The number of aryl methyl sites for hydroxylation is 1. The summed E-state index contributed by atoms with van der Waals surface area (Å²) in [4.78, 5) is 26.7. The number of nitrogens with one attached hydrogen (secondary N) is 1. The second kappa shape index (κ2) is 5.83. The Morgan fingerprint density at radius 2 is 1.88 bits per heavy atom. The lowest BCUT2D eigenvalue weighted by Gasteiger charge is -2.12. The maximum atomic E-state index is 12.1. The molecule has 1 N–H and O–H groups in total. The molecular formula is C18H15NO7. The highest BCUT2D eigenvalue weighted by Gasteiger charge is 2.32. The molecule has 0 aliphatic carbocycles. The lowest BCUT2D eigenvalue weighted by atomic mass is 10.1. The molecule has 0 saturated carbocycles. The van der Waals surface area contributed by atoms with Crippen molar-refractivity contribution in [1.82, 2.24) is 4.98 Å². The lowest BCUT2D eigenvalue weighted by molar-refractivity contribution is 0.0715. The van der Waals surface area contributed by atoms with E-state index in [2.05, 4.69) is 4.98 Å². The topological polar surface area (TPSA) is 96.1 Å². The summed E-state index contributed by atoms with van der Waals surface area (Å²) in [5, 5.41) is 0. The first-order valence-corrected chi connectivity index (χ1v) is 7.76. The van der Waals surface area contributed by atoms with Crippen LogP contribution in [0.4, 0.5) is 0 Å². The number of fused-ring (bicyclic) bond motifs is 2. The van der Waals surface area contributed by atoms with E-state index in [1.807, 2.05) is 0 Å². The monoisotopic (exact) mass is 357 g/mol. The van der Waals surface area contributed by atoms with Gasteiger partial charge in [0, 0.05) is 16.8 Å². The molecule has 1 aromatic carbocycles. The van der Waals surface area contributed by atoms with Crippen LogP contribution in [-0.2, 0) is 4.74 Å². The van der Waals surface area contributed by atoms with E-state index in [1.165, 1.54) is 14.2 Å². The number of esters is 1. The third-order valence-corrected chi connectivity index (χ3v) is 4.14. The number of cyclic esters (lactones) is 1. The van der Waals surface area contributed by atoms with Crippen molar-refractivity contribution < 1.29 is 28.5 Å². The van der Waals surface area contributed by atoms with Gasteiger partial charge in [-0.1, -0.05) is 0 Å². The summed E-state index contributed by atoms with van der Waals surface area (Å²) < 4.78 is 27.0. The van der Waals surface area contributed by atoms with E-state index in [9.17, 15) is 9.59 Å². The van der Waals surface area contributed by atoms with E-state index in [4.69, 9.17) is 23.7 Å². The van der Waals surface area contributed by atoms with Gasteiger partial charge in [0.15, 0.2) is 11.5 Å². The van der Waals surface area contributed by atoms with Gasteiger partial charge in [0.1, 0.15) is 11.3 Å². The zero-order valence-corrected chi connectivity index (χ0v) is 14.3. The third-order valence-electron chi connectivity index (χ3n) is 4.14. The number of rotatable bonds is 3. The Hall–Kier alpha value is -3.42. The molecule has 3 heterocycles. The van der Waals surface area contributed by atoms with E-state index in [-0.39, 0.29) is 18.1 Å². The van der Waals surface area contributed by atoms with Gasteiger partial charge in [0.05, 0.1) is 14.2 Å². The van der Waals surface area contributed by atoms with Crippen LogP contribution < -0.4 is 24.5 Å². The summed E-state index contributed by atoms with van der Waals surface area (Å²) >= 11 is 0. The van der Waals surface area contributed by atoms with E-state index >= 15 is 0 Å². The Kier molecular flexibility index (Phi) is 3.61. The Bertz CT molecular complexity index is 1020. The van der Waals surface area contributed by atoms with Crippen LogP contribution in [0.25, 0.3) is 11.8 Å². The van der Waals surface area contributed by atoms with E-state index in [0.29, 0.717) is 39.8 Å². The fourth-order valence-corrected chi connectivity index (χ4v) is 3.04. The first-order valence-electron chi connectivity index (χ1n) is 7.76. The fraction of sp³-hybridized carbons (Fsp3) is 0.222. The average molecular weight is 357 g/mol. The maximum Gasteiger partial charge on any atom is 0.349 e. The number of aromatic amines is 1. The number of benzene rings is 1. The van der Waals surface area contributed by atoms with Crippen LogP contribution >= 0.6 is 0 Å². The first-order chi connectivity index (χ1) is 12.5. The summed E-state index contributed by atoms with van der Waals surface area (Å²) in [6.45, 7) is 1.78. The zero-order chi connectivity index (χ0) is 18.4. The molecule has 0 atom stereocenters.